The first-order valence-corrected chi connectivity index (χ1v) is 20.4. The maximum atomic E-state index is 12.8. The molecule has 316 valence electrons. The minimum absolute atomic E-state index is 0.00915. The zero-order valence-corrected chi connectivity index (χ0v) is 33.4. The molecule has 9 N–H and O–H groups in total. The summed E-state index contributed by atoms with van der Waals surface area (Å²) in [5.41, 5.74) is -1.89. The molecule has 2 aliphatic heterocycles. The predicted molar refractivity (Wildman–Crippen MR) is 198 cm³/mol. The van der Waals surface area contributed by atoms with Gasteiger partial charge in [-0.2, -0.15) is 0 Å². The zero-order valence-electron chi connectivity index (χ0n) is 33.4. The van der Waals surface area contributed by atoms with Crippen molar-refractivity contribution in [3.63, 3.8) is 0 Å². The fourth-order valence-corrected chi connectivity index (χ4v) is 12.1. The van der Waals surface area contributed by atoms with Crippen LogP contribution in [0.25, 0.3) is 0 Å². The van der Waals surface area contributed by atoms with Crippen molar-refractivity contribution in [2.75, 3.05) is 26.9 Å². The molecular formula is C41H68O14. The fraction of sp³-hybridized carbons (Fsp3) is 0.902. The summed E-state index contributed by atoms with van der Waals surface area (Å²) in [5.74, 6) is -1.23. The first-order valence-electron chi connectivity index (χ1n) is 20.4. The molecule has 0 radical (unpaired) electrons. The number of hydrogen-bond donors (Lipinski definition) is 9. The highest BCUT2D eigenvalue weighted by Gasteiger charge is 2.72. The van der Waals surface area contributed by atoms with Crippen LogP contribution in [0.1, 0.15) is 73.6 Å². The average Bonchev–Trinajstić information content (AvgIpc) is 3.33. The Morgan fingerprint density at radius 3 is 2.13 bits per heavy atom. The largest absolute Gasteiger partial charge is 0.390 e. The third kappa shape index (κ3) is 7.65. The van der Waals surface area contributed by atoms with Gasteiger partial charge in [0.1, 0.15) is 36.6 Å². The Kier molecular flexibility index (Phi) is 13.1. The second-order valence-electron chi connectivity index (χ2n) is 18.6. The lowest BCUT2D eigenvalue weighted by atomic mass is 9.43. The Morgan fingerprint density at radius 1 is 0.818 bits per heavy atom. The number of allylic oxidation sites excluding steroid dienone is 2. The smallest absolute Gasteiger partial charge is 0.187 e. The molecule has 0 aromatic carbocycles. The molecule has 4 aliphatic carbocycles. The third-order valence-corrected chi connectivity index (χ3v) is 14.9. The van der Waals surface area contributed by atoms with Gasteiger partial charge < -0.3 is 69.6 Å². The van der Waals surface area contributed by atoms with Crippen molar-refractivity contribution in [2.45, 2.75) is 153 Å². The average molecular weight is 785 g/mol. The molecule has 0 amide bonds. The van der Waals surface area contributed by atoms with Gasteiger partial charge in [0.05, 0.1) is 49.8 Å². The molecular weight excluding hydrogens is 716 g/mol. The summed E-state index contributed by atoms with van der Waals surface area (Å²) in [6, 6.07) is 0. The van der Waals surface area contributed by atoms with E-state index in [0.717, 1.165) is 5.57 Å². The second-order valence-corrected chi connectivity index (χ2v) is 18.6. The Labute approximate surface area is 325 Å². The van der Waals surface area contributed by atoms with E-state index >= 15 is 0 Å². The summed E-state index contributed by atoms with van der Waals surface area (Å²) in [4.78, 5) is 0. The fourth-order valence-electron chi connectivity index (χ4n) is 12.1. The maximum absolute atomic E-state index is 12.8. The number of aliphatic hydroxyl groups is 9. The molecule has 6 aliphatic rings. The predicted octanol–water partition coefficient (Wildman–Crippen LogP) is 0.627. The van der Waals surface area contributed by atoms with E-state index in [1.807, 2.05) is 19.9 Å². The summed E-state index contributed by atoms with van der Waals surface area (Å²) in [6.07, 6.45) is -4.09. The van der Waals surface area contributed by atoms with E-state index in [1.165, 1.54) is 7.11 Å². The van der Waals surface area contributed by atoms with Crippen molar-refractivity contribution in [1.82, 2.24) is 0 Å². The summed E-state index contributed by atoms with van der Waals surface area (Å²) in [6.45, 7) is 12.5. The van der Waals surface area contributed by atoms with E-state index in [4.69, 9.17) is 23.7 Å². The quantitative estimate of drug-likeness (QED) is 0.131. The third-order valence-electron chi connectivity index (χ3n) is 14.9. The number of fused-ring (bicyclic) bond motifs is 5. The standard InChI is InChI=1S/C41H68O14/c1-19(2)23(21(4)16-52-37-34(49)30(45)26(43)17-53-37)9-8-20(3)29-32(47)33(48)36-40(29,6)13-11-28-39(5)12-10-22(14-24(39)25(42)15-41(28,36)50)55-38-35(51-7)31(46)27(44)18-54-38/h8-9,14,19-23,25-38,42-50H,10-13,15-18H2,1-7H3/b9-8+/t20-,21-,22+,23+,25-,26-,27-,28?,29+,30+,31+,32-,33?,34-,35-,36?,37-,38+,39+,40-,41+/m1/s1. The molecule has 55 heavy (non-hydrogen) atoms. The van der Waals surface area contributed by atoms with Gasteiger partial charge in [0.25, 0.3) is 0 Å². The Balaban J connectivity index is 1.16. The van der Waals surface area contributed by atoms with Crippen molar-refractivity contribution >= 4 is 0 Å². The second kappa shape index (κ2) is 16.5. The first kappa shape index (κ1) is 43.5. The van der Waals surface area contributed by atoms with E-state index in [-0.39, 0.29) is 61.7 Å². The van der Waals surface area contributed by atoms with E-state index < -0.39 is 96.0 Å². The number of methoxy groups -OCH3 is 1. The maximum Gasteiger partial charge on any atom is 0.187 e. The molecule has 3 saturated carbocycles. The molecule has 0 aromatic rings. The summed E-state index contributed by atoms with van der Waals surface area (Å²) in [5, 5.41) is 99.0. The molecule has 0 aromatic heterocycles. The van der Waals surface area contributed by atoms with Crippen molar-refractivity contribution in [3.8, 4) is 0 Å². The molecule has 5 fully saturated rings. The molecule has 2 saturated heterocycles. The van der Waals surface area contributed by atoms with Gasteiger partial charge >= 0.3 is 0 Å². The SMILES string of the molecule is CO[C@H]1[C@H](O[C@@H]2C=C3[C@H](O)C[C@]4(O)C(CC[C@@]5(C)C4C(O)[C@H](O)[C@@H]5[C@H](C)/C=C/[C@@H](C(C)C)[C@H](C)CO[C@@H]4OC[C@@H](O)[C@H](O)[C@H]4O)[C@@]3(C)CC2)OC[C@@H](O)[C@@H]1O. The number of rotatable bonds is 11. The van der Waals surface area contributed by atoms with Gasteiger partial charge in [-0.25, -0.2) is 0 Å². The van der Waals surface area contributed by atoms with Gasteiger partial charge in [0.2, 0.25) is 0 Å². The van der Waals surface area contributed by atoms with Crippen LogP contribution in [0.2, 0.25) is 0 Å². The van der Waals surface area contributed by atoms with Gasteiger partial charge in [-0.3, -0.25) is 0 Å². The zero-order chi connectivity index (χ0) is 40.4. The van der Waals surface area contributed by atoms with Crippen LogP contribution < -0.4 is 0 Å². The highest BCUT2D eigenvalue weighted by atomic mass is 16.7. The molecule has 6 rings (SSSR count). The van der Waals surface area contributed by atoms with Crippen LogP contribution in [0.5, 0.6) is 0 Å². The van der Waals surface area contributed by atoms with Crippen molar-refractivity contribution in [3.05, 3.63) is 23.8 Å². The monoisotopic (exact) mass is 784 g/mol. The highest BCUT2D eigenvalue weighted by molar-refractivity contribution is 5.33. The normalized spacial score (nSPS) is 50.6. The highest BCUT2D eigenvalue weighted by Crippen LogP contribution is 2.69. The number of hydrogen-bond acceptors (Lipinski definition) is 14. The minimum Gasteiger partial charge on any atom is -0.390 e. The molecule has 14 nitrogen and oxygen atoms in total. The Bertz CT molecular complexity index is 1380. The van der Waals surface area contributed by atoms with Crippen LogP contribution in [-0.2, 0) is 23.7 Å². The van der Waals surface area contributed by atoms with Gasteiger partial charge in [-0.1, -0.05) is 59.8 Å². The molecule has 3 unspecified atom stereocenters. The lowest BCUT2D eigenvalue weighted by molar-refractivity contribution is -0.285. The van der Waals surface area contributed by atoms with E-state index in [0.29, 0.717) is 25.7 Å². The topological polar surface area (TPSA) is 228 Å². The molecule has 0 bridgehead atoms. The lowest BCUT2D eigenvalue weighted by Crippen LogP contribution is -2.66. The van der Waals surface area contributed by atoms with Crippen LogP contribution in [0.4, 0.5) is 0 Å². The molecule has 2 heterocycles. The Morgan fingerprint density at radius 2 is 1.47 bits per heavy atom. The lowest BCUT2D eigenvalue weighted by Gasteiger charge is -2.63. The van der Waals surface area contributed by atoms with Crippen LogP contribution in [-0.4, -0.2) is 152 Å². The molecule has 14 heteroatoms. The Hall–Kier alpha value is -1.08. The molecule has 0 spiro atoms. The summed E-state index contributed by atoms with van der Waals surface area (Å²) < 4.78 is 28.6. The van der Waals surface area contributed by atoms with Crippen LogP contribution in [0.15, 0.2) is 23.8 Å². The minimum atomic E-state index is -1.44. The van der Waals surface area contributed by atoms with Crippen LogP contribution >= 0.6 is 0 Å². The van der Waals surface area contributed by atoms with Gasteiger partial charge in [-0.05, 0) is 77.6 Å². The van der Waals surface area contributed by atoms with E-state index in [1.54, 1.807) is 0 Å². The molecule has 21 atom stereocenters. The number of ether oxygens (including phenoxy) is 5. The number of aliphatic hydroxyl groups excluding tert-OH is 8. The van der Waals surface area contributed by atoms with Gasteiger partial charge in [-0.15, -0.1) is 0 Å². The van der Waals surface area contributed by atoms with Gasteiger partial charge in [0.15, 0.2) is 12.6 Å². The van der Waals surface area contributed by atoms with Crippen LogP contribution in [0, 0.1) is 52.3 Å². The van der Waals surface area contributed by atoms with Crippen molar-refractivity contribution < 1.29 is 69.6 Å². The van der Waals surface area contributed by atoms with Crippen LogP contribution in [0.3, 0.4) is 0 Å². The summed E-state index contributed by atoms with van der Waals surface area (Å²) in [7, 11) is 1.42. The van der Waals surface area contributed by atoms with E-state index in [9.17, 15) is 46.0 Å². The first-order chi connectivity index (χ1) is 25.8. The van der Waals surface area contributed by atoms with E-state index in [2.05, 4.69) is 39.8 Å². The van der Waals surface area contributed by atoms with Crippen molar-refractivity contribution in [2.24, 2.45) is 52.3 Å². The summed E-state index contributed by atoms with van der Waals surface area (Å²) >= 11 is 0. The van der Waals surface area contributed by atoms with Gasteiger partial charge in [0, 0.05) is 19.4 Å². The van der Waals surface area contributed by atoms with Crippen molar-refractivity contribution in [1.29, 1.82) is 0 Å².